The summed E-state index contributed by atoms with van der Waals surface area (Å²) in [6.45, 7) is 4.83. The fourth-order valence-corrected chi connectivity index (χ4v) is 2.66. The number of nitrogens with one attached hydrogen (secondary N) is 1. The summed E-state index contributed by atoms with van der Waals surface area (Å²) in [4.78, 5) is 14.1. The van der Waals surface area contributed by atoms with Crippen molar-refractivity contribution in [2.24, 2.45) is 5.41 Å². The van der Waals surface area contributed by atoms with Crippen LogP contribution in [0.3, 0.4) is 0 Å². The van der Waals surface area contributed by atoms with Gasteiger partial charge in [-0.15, -0.1) is 12.4 Å². The molecule has 21 heavy (non-hydrogen) atoms. The maximum absolute atomic E-state index is 12.4. The average molecular weight is 378 g/mol. The van der Waals surface area contributed by atoms with Crippen LogP contribution in [0.25, 0.3) is 0 Å². The lowest BCUT2D eigenvalue weighted by Gasteiger charge is -2.28. The number of rotatable bonds is 5. The van der Waals surface area contributed by atoms with Crippen LogP contribution in [-0.4, -0.2) is 44.1 Å². The lowest BCUT2D eigenvalue weighted by atomic mass is 9.88. The van der Waals surface area contributed by atoms with Crippen LogP contribution >= 0.6 is 28.3 Å². The number of hydrogen-bond donors (Lipinski definition) is 1. The van der Waals surface area contributed by atoms with Gasteiger partial charge in [0.1, 0.15) is 12.4 Å². The molecule has 0 saturated carbocycles. The highest BCUT2D eigenvalue weighted by atomic mass is 79.9. The molecule has 0 bridgehead atoms. The Balaban J connectivity index is 0.00000220. The van der Waals surface area contributed by atoms with Crippen LogP contribution in [-0.2, 0) is 4.79 Å². The highest BCUT2D eigenvalue weighted by Crippen LogP contribution is 2.26. The number of likely N-dealkylation sites (N-methyl/N-ethyl adjacent to an activating group) is 1. The zero-order valence-corrected chi connectivity index (χ0v) is 14.8. The van der Waals surface area contributed by atoms with Gasteiger partial charge in [-0.25, -0.2) is 0 Å². The molecule has 1 N–H and O–H groups in total. The monoisotopic (exact) mass is 376 g/mol. The van der Waals surface area contributed by atoms with Crippen molar-refractivity contribution < 1.29 is 9.53 Å². The summed E-state index contributed by atoms with van der Waals surface area (Å²) in [5.41, 5.74) is -0.258. The Kier molecular flexibility index (Phi) is 6.97. The summed E-state index contributed by atoms with van der Waals surface area (Å²) >= 11 is 3.39. The van der Waals surface area contributed by atoms with E-state index in [0.717, 1.165) is 29.7 Å². The first-order chi connectivity index (χ1) is 9.51. The van der Waals surface area contributed by atoms with E-state index in [4.69, 9.17) is 4.74 Å². The number of hydrogen-bond acceptors (Lipinski definition) is 3. The molecule has 4 nitrogen and oxygen atoms in total. The van der Waals surface area contributed by atoms with Crippen LogP contribution in [0.15, 0.2) is 28.7 Å². The van der Waals surface area contributed by atoms with E-state index in [9.17, 15) is 4.79 Å². The van der Waals surface area contributed by atoms with Crippen molar-refractivity contribution in [2.45, 2.75) is 13.3 Å². The molecule has 118 valence electrons. The van der Waals surface area contributed by atoms with Crippen LogP contribution in [0.5, 0.6) is 5.75 Å². The molecule has 6 heteroatoms. The zero-order valence-electron chi connectivity index (χ0n) is 12.4. The second kappa shape index (κ2) is 8.01. The number of carbonyl (C=O) groups is 1. The number of benzene rings is 1. The van der Waals surface area contributed by atoms with Gasteiger partial charge in [-0.3, -0.25) is 4.79 Å². The standard InChI is InChI=1S/C15H21BrN2O2.ClH/c1-15(7-8-17-11-15)14(19)18(2)9-10-20-13-5-3-12(16)4-6-13;/h3-6,17H,7-11H2,1-2H3;1H. The maximum Gasteiger partial charge on any atom is 0.229 e. The van der Waals surface area contributed by atoms with Crippen LogP contribution in [0, 0.1) is 5.41 Å². The molecule has 1 fully saturated rings. The van der Waals surface area contributed by atoms with E-state index in [-0.39, 0.29) is 23.7 Å². The molecule has 0 aromatic heterocycles. The lowest BCUT2D eigenvalue weighted by molar-refractivity contribution is -0.139. The summed E-state index contributed by atoms with van der Waals surface area (Å²) < 4.78 is 6.67. The van der Waals surface area contributed by atoms with E-state index >= 15 is 0 Å². The van der Waals surface area contributed by atoms with Gasteiger partial charge < -0.3 is 15.0 Å². The number of nitrogens with zero attached hydrogens (tertiary/aromatic N) is 1. The fraction of sp³-hybridized carbons (Fsp3) is 0.533. The van der Waals surface area contributed by atoms with Gasteiger partial charge in [0.25, 0.3) is 0 Å². The third-order valence-electron chi connectivity index (χ3n) is 3.74. The summed E-state index contributed by atoms with van der Waals surface area (Å²) in [5.74, 6) is 1.02. The quantitative estimate of drug-likeness (QED) is 0.858. The minimum atomic E-state index is -0.258. The van der Waals surface area contributed by atoms with E-state index in [0.29, 0.717) is 13.2 Å². The number of ether oxygens (including phenoxy) is 1. The van der Waals surface area contributed by atoms with Crippen molar-refractivity contribution in [3.8, 4) is 5.75 Å². The van der Waals surface area contributed by atoms with Crippen molar-refractivity contribution in [1.29, 1.82) is 0 Å². The van der Waals surface area contributed by atoms with Gasteiger partial charge in [0.2, 0.25) is 5.91 Å². The topological polar surface area (TPSA) is 41.6 Å². The van der Waals surface area contributed by atoms with E-state index in [1.807, 2.05) is 38.2 Å². The predicted molar refractivity (Wildman–Crippen MR) is 90.1 cm³/mol. The van der Waals surface area contributed by atoms with E-state index < -0.39 is 0 Å². The second-order valence-corrected chi connectivity index (χ2v) is 6.43. The molecule has 0 spiro atoms. The SMILES string of the molecule is CN(CCOc1ccc(Br)cc1)C(=O)C1(C)CCNC1.Cl. The molecular formula is C15H22BrClN2O2. The first-order valence-electron chi connectivity index (χ1n) is 6.86. The number of amides is 1. The van der Waals surface area contributed by atoms with Crippen LogP contribution in [0.1, 0.15) is 13.3 Å². The van der Waals surface area contributed by atoms with Gasteiger partial charge in [-0.05, 0) is 44.2 Å². The number of halogens is 2. The largest absolute Gasteiger partial charge is 0.492 e. The van der Waals surface area contributed by atoms with Gasteiger partial charge in [0.05, 0.1) is 12.0 Å². The van der Waals surface area contributed by atoms with Crippen molar-refractivity contribution in [2.75, 3.05) is 33.3 Å². The molecule has 1 saturated heterocycles. The Morgan fingerprint density at radius 2 is 2.10 bits per heavy atom. The van der Waals surface area contributed by atoms with Crippen LogP contribution in [0.2, 0.25) is 0 Å². The lowest BCUT2D eigenvalue weighted by Crippen LogP contribution is -2.43. The molecule has 1 aliphatic rings. The van der Waals surface area contributed by atoms with Gasteiger partial charge >= 0.3 is 0 Å². The van der Waals surface area contributed by atoms with Crippen LogP contribution in [0.4, 0.5) is 0 Å². The van der Waals surface area contributed by atoms with Gasteiger partial charge in [-0.1, -0.05) is 15.9 Å². The summed E-state index contributed by atoms with van der Waals surface area (Å²) in [7, 11) is 1.84. The van der Waals surface area contributed by atoms with Crippen molar-refractivity contribution in [3.05, 3.63) is 28.7 Å². The molecule has 1 unspecified atom stereocenters. The molecule has 1 heterocycles. The maximum atomic E-state index is 12.4. The first kappa shape index (κ1) is 18.3. The molecular weight excluding hydrogens is 356 g/mol. The smallest absolute Gasteiger partial charge is 0.229 e. The van der Waals surface area contributed by atoms with E-state index in [2.05, 4.69) is 21.2 Å². The minimum absolute atomic E-state index is 0. The Hall–Kier alpha value is -0.780. The summed E-state index contributed by atoms with van der Waals surface area (Å²) in [6, 6.07) is 7.70. The predicted octanol–water partition coefficient (Wildman–Crippen LogP) is 2.71. The van der Waals surface area contributed by atoms with Gasteiger partial charge in [0.15, 0.2) is 0 Å². The molecule has 2 rings (SSSR count). The van der Waals surface area contributed by atoms with Crippen molar-refractivity contribution in [3.63, 3.8) is 0 Å². The molecule has 1 aromatic carbocycles. The molecule has 1 atom stereocenters. The Bertz CT molecular complexity index is 461. The minimum Gasteiger partial charge on any atom is -0.492 e. The van der Waals surface area contributed by atoms with E-state index in [1.54, 1.807) is 4.90 Å². The molecule has 0 radical (unpaired) electrons. The highest BCUT2D eigenvalue weighted by Gasteiger charge is 2.37. The van der Waals surface area contributed by atoms with Crippen molar-refractivity contribution >= 4 is 34.2 Å². The zero-order chi connectivity index (χ0) is 14.6. The Labute approximate surface area is 140 Å². The summed E-state index contributed by atoms with van der Waals surface area (Å²) in [5, 5.41) is 3.25. The van der Waals surface area contributed by atoms with Crippen LogP contribution < -0.4 is 10.1 Å². The summed E-state index contributed by atoms with van der Waals surface area (Å²) in [6.07, 6.45) is 0.906. The molecule has 1 amide bonds. The molecule has 0 aliphatic carbocycles. The Morgan fingerprint density at radius 3 is 2.67 bits per heavy atom. The first-order valence-corrected chi connectivity index (χ1v) is 7.65. The third-order valence-corrected chi connectivity index (χ3v) is 4.27. The van der Waals surface area contributed by atoms with Gasteiger partial charge in [0, 0.05) is 18.1 Å². The normalized spacial score (nSPS) is 20.7. The molecule has 1 aliphatic heterocycles. The van der Waals surface area contributed by atoms with Crippen molar-refractivity contribution in [1.82, 2.24) is 10.2 Å². The Morgan fingerprint density at radius 1 is 1.43 bits per heavy atom. The van der Waals surface area contributed by atoms with Gasteiger partial charge in [-0.2, -0.15) is 0 Å². The average Bonchev–Trinajstić information content (AvgIpc) is 2.88. The van der Waals surface area contributed by atoms with E-state index in [1.165, 1.54) is 0 Å². The third kappa shape index (κ3) is 4.87. The highest BCUT2D eigenvalue weighted by molar-refractivity contribution is 9.10. The second-order valence-electron chi connectivity index (χ2n) is 5.52. The number of carbonyl (C=O) groups excluding carboxylic acids is 1. The fourth-order valence-electron chi connectivity index (χ4n) is 2.39. The molecule has 1 aromatic rings.